The van der Waals surface area contributed by atoms with Crippen LogP contribution in [0.4, 0.5) is 11.5 Å². The summed E-state index contributed by atoms with van der Waals surface area (Å²) in [6.45, 7) is 0.239. The average molecular weight is 383 g/mol. The standard InChI is InChI=1S/C23H17N3O3/c27-23(20-12-3-4-13-21(20)26(28)29)25(22-14-5-6-15-24-22)16-18-10-7-9-17-8-1-2-11-19(17)18/h1-15H,16H2. The highest BCUT2D eigenvalue weighted by Crippen LogP contribution is 2.26. The highest BCUT2D eigenvalue weighted by Gasteiger charge is 2.26. The van der Waals surface area contributed by atoms with Gasteiger partial charge in [0.2, 0.25) is 0 Å². The van der Waals surface area contributed by atoms with Gasteiger partial charge in [-0.05, 0) is 34.5 Å². The zero-order valence-corrected chi connectivity index (χ0v) is 15.4. The first kappa shape index (κ1) is 18.3. The molecule has 1 heterocycles. The minimum absolute atomic E-state index is 0.0309. The van der Waals surface area contributed by atoms with Gasteiger partial charge >= 0.3 is 0 Å². The van der Waals surface area contributed by atoms with E-state index in [1.807, 2.05) is 42.5 Å². The first-order chi connectivity index (χ1) is 14.1. The normalized spacial score (nSPS) is 10.6. The van der Waals surface area contributed by atoms with Crippen LogP contribution in [0.3, 0.4) is 0 Å². The molecular weight excluding hydrogens is 366 g/mol. The fourth-order valence-corrected chi connectivity index (χ4v) is 3.33. The second kappa shape index (κ2) is 7.90. The van der Waals surface area contributed by atoms with Crippen LogP contribution >= 0.6 is 0 Å². The van der Waals surface area contributed by atoms with Crippen molar-refractivity contribution >= 4 is 28.2 Å². The van der Waals surface area contributed by atoms with E-state index < -0.39 is 10.8 Å². The molecule has 6 heteroatoms. The molecule has 0 spiro atoms. The van der Waals surface area contributed by atoms with Gasteiger partial charge < -0.3 is 0 Å². The van der Waals surface area contributed by atoms with Crippen LogP contribution in [0, 0.1) is 10.1 Å². The first-order valence-electron chi connectivity index (χ1n) is 9.08. The van der Waals surface area contributed by atoms with Gasteiger partial charge in [0.1, 0.15) is 11.4 Å². The largest absolute Gasteiger partial charge is 0.288 e. The van der Waals surface area contributed by atoms with Crippen molar-refractivity contribution in [2.75, 3.05) is 4.90 Å². The Balaban J connectivity index is 1.81. The van der Waals surface area contributed by atoms with Gasteiger partial charge in [-0.1, -0.05) is 60.7 Å². The van der Waals surface area contributed by atoms with Gasteiger partial charge in [-0.25, -0.2) is 4.98 Å². The monoisotopic (exact) mass is 383 g/mol. The van der Waals surface area contributed by atoms with Gasteiger partial charge in [0, 0.05) is 12.3 Å². The second-order valence-electron chi connectivity index (χ2n) is 6.49. The molecule has 3 aromatic carbocycles. The third kappa shape index (κ3) is 3.68. The minimum atomic E-state index is -0.540. The molecule has 0 radical (unpaired) electrons. The fourth-order valence-electron chi connectivity index (χ4n) is 3.33. The van der Waals surface area contributed by atoms with Crippen molar-refractivity contribution in [2.24, 2.45) is 0 Å². The Kier molecular flexibility index (Phi) is 4.99. The second-order valence-corrected chi connectivity index (χ2v) is 6.49. The van der Waals surface area contributed by atoms with Crippen molar-refractivity contribution in [3.63, 3.8) is 0 Å². The van der Waals surface area contributed by atoms with Crippen LogP contribution in [-0.4, -0.2) is 15.8 Å². The number of amides is 1. The smallest absolute Gasteiger partial charge is 0.282 e. The Bertz CT molecular complexity index is 1190. The molecule has 1 aromatic heterocycles. The summed E-state index contributed by atoms with van der Waals surface area (Å²) in [5, 5.41) is 13.5. The van der Waals surface area contributed by atoms with Gasteiger partial charge in [-0.15, -0.1) is 0 Å². The first-order valence-corrected chi connectivity index (χ1v) is 9.08. The molecule has 0 aliphatic carbocycles. The summed E-state index contributed by atoms with van der Waals surface area (Å²) < 4.78 is 0. The van der Waals surface area contributed by atoms with E-state index in [0.29, 0.717) is 5.82 Å². The van der Waals surface area contributed by atoms with Crippen LogP contribution < -0.4 is 4.90 Å². The molecule has 4 aromatic rings. The van der Waals surface area contributed by atoms with Gasteiger partial charge in [-0.2, -0.15) is 0 Å². The maximum Gasteiger partial charge on any atom is 0.282 e. The fraction of sp³-hybridized carbons (Fsp3) is 0.0435. The third-order valence-electron chi connectivity index (χ3n) is 4.71. The van der Waals surface area contributed by atoms with Crippen molar-refractivity contribution in [3.05, 3.63) is 112 Å². The quantitative estimate of drug-likeness (QED) is 0.359. The van der Waals surface area contributed by atoms with Gasteiger partial charge in [0.15, 0.2) is 0 Å². The lowest BCUT2D eigenvalue weighted by Crippen LogP contribution is -2.31. The summed E-state index contributed by atoms with van der Waals surface area (Å²) in [5.74, 6) is -0.0347. The van der Waals surface area contributed by atoms with E-state index in [9.17, 15) is 14.9 Å². The number of hydrogen-bond donors (Lipinski definition) is 0. The maximum absolute atomic E-state index is 13.4. The zero-order valence-electron chi connectivity index (χ0n) is 15.4. The van der Waals surface area contributed by atoms with Crippen LogP contribution in [0.2, 0.25) is 0 Å². The summed E-state index contributed by atoms with van der Waals surface area (Å²) in [5.41, 5.74) is 0.737. The molecule has 0 saturated heterocycles. The summed E-state index contributed by atoms with van der Waals surface area (Å²) in [4.78, 5) is 30.1. The van der Waals surface area contributed by atoms with E-state index in [2.05, 4.69) is 4.98 Å². The molecule has 142 valence electrons. The lowest BCUT2D eigenvalue weighted by molar-refractivity contribution is -0.385. The number of carbonyl (C=O) groups is 1. The van der Waals surface area contributed by atoms with Crippen molar-refractivity contribution < 1.29 is 9.72 Å². The summed E-state index contributed by atoms with van der Waals surface area (Å²) in [6.07, 6.45) is 1.60. The molecule has 0 bridgehead atoms. The Labute approximate surface area is 167 Å². The number of nitro benzene ring substituents is 1. The molecule has 0 unspecified atom stereocenters. The highest BCUT2D eigenvalue weighted by molar-refractivity contribution is 6.08. The number of fused-ring (bicyclic) bond motifs is 1. The number of nitrogens with zero attached hydrogens (tertiary/aromatic N) is 3. The van der Waals surface area contributed by atoms with Crippen molar-refractivity contribution in [2.45, 2.75) is 6.54 Å². The Morgan fingerprint density at radius 1 is 0.897 bits per heavy atom. The van der Waals surface area contributed by atoms with Crippen LogP contribution in [0.15, 0.2) is 91.1 Å². The molecule has 29 heavy (non-hydrogen) atoms. The molecular formula is C23H17N3O3. The molecule has 4 rings (SSSR count). The Morgan fingerprint density at radius 2 is 1.62 bits per heavy atom. The summed E-state index contributed by atoms with van der Waals surface area (Å²) in [7, 11) is 0. The molecule has 0 atom stereocenters. The number of pyridine rings is 1. The van der Waals surface area contributed by atoms with E-state index in [1.54, 1.807) is 36.5 Å². The van der Waals surface area contributed by atoms with Crippen LogP contribution in [0.5, 0.6) is 0 Å². The van der Waals surface area contributed by atoms with Gasteiger partial charge in [0.25, 0.3) is 11.6 Å². The van der Waals surface area contributed by atoms with E-state index in [1.165, 1.54) is 17.0 Å². The van der Waals surface area contributed by atoms with Crippen LogP contribution in [0.25, 0.3) is 10.8 Å². The van der Waals surface area contributed by atoms with E-state index in [0.717, 1.165) is 16.3 Å². The topological polar surface area (TPSA) is 76.3 Å². The Hall–Kier alpha value is -4.06. The highest BCUT2D eigenvalue weighted by atomic mass is 16.6. The summed E-state index contributed by atoms with van der Waals surface area (Å²) >= 11 is 0. The molecule has 0 N–H and O–H groups in total. The number of carbonyl (C=O) groups excluding carboxylic acids is 1. The van der Waals surface area contributed by atoms with E-state index in [-0.39, 0.29) is 17.8 Å². The van der Waals surface area contributed by atoms with Gasteiger partial charge in [0.05, 0.1) is 11.5 Å². The maximum atomic E-state index is 13.4. The lowest BCUT2D eigenvalue weighted by Gasteiger charge is -2.22. The summed E-state index contributed by atoms with van der Waals surface area (Å²) in [6, 6.07) is 25.0. The van der Waals surface area contributed by atoms with E-state index >= 15 is 0 Å². The molecule has 1 amide bonds. The van der Waals surface area contributed by atoms with E-state index in [4.69, 9.17) is 0 Å². The van der Waals surface area contributed by atoms with Gasteiger partial charge in [-0.3, -0.25) is 19.8 Å². The molecule has 0 saturated carbocycles. The molecule has 0 aliphatic rings. The number of para-hydroxylation sites is 1. The number of nitro groups is 1. The van der Waals surface area contributed by atoms with Crippen LogP contribution in [-0.2, 0) is 6.54 Å². The zero-order chi connectivity index (χ0) is 20.2. The lowest BCUT2D eigenvalue weighted by atomic mass is 10.0. The predicted octanol–water partition coefficient (Wildman–Crippen LogP) is 4.99. The number of hydrogen-bond acceptors (Lipinski definition) is 4. The van der Waals surface area contributed by atoms with Crippen molar-refractivity contribution in [1.29, 1.82) is 0 Å². The number of benzene rings is 3. The number of aromatic nitrogens is 1. The van der Waals surface area contributed by atoms with Crippen molar-refractivity contribution in [1.82, 2.24) is 4.98 Å². The SMILES string of the molecule is O=C(c1ccccc1[N+](=O)[O-])N(Cc1cccc2ccccc12)c1ccccn1. The predicted molar refractivity (Wildman–Crippen MR) is 112 cm³/mol. The minimum Gasteiger partial charge on any atom is -0.288 e. The Morgan fingerprint density at radius 3 is 2.41 bits per heavy atom. The van der Waals surface area contributed by atoms with Crippen molar-refractivity contribution in [3.8, 4) is 0 Å². The average Bonchev–Trinajstić information content (AvgIpc) is 2.77. The third-order valence-corrected chi connectivity index (χ3v) is 4.71. The van der Waals surface area contributed by atoms with Crippen LogP contribution in [0.1, 0.15) is 15.9 Å². The number of rotatable bonds is 5. The molecule has 6 nitrogen and oxygen atoms in total. The molecule has 0 fully saturated rings. The molecule has 0 aliphatic heterocycles. The number of anilines is 1.